The fourth-order valence-electron chi connectivity index (χ4n) is 3.76. The van der Waals surface area contributed by atoms with Crippen LogP contribution in [0.3, 0.4) is 0 Å². The molecule has 4 rings (SSSR count). The summed E-state index contributed by atoms with van der Waals surface area (Å²) in [6, 6.07) is 9.54. The number of nitrogens with zero attached hydrogens (tertiary/aromatic N) is 4. The number of para-hydroxylation sites is 1. The van der Waals surface area contributed by atoms with Gasteiger partial charge in [0.05, 0.1) is 24.0 Å². The molecule has 3 aromatic rings. The van der Waals surface area contributed by atoms with Crippen LogP contribution in [0.4, 0.5) is 0 Å². The van der Waals surface area contributed by atoms with Crippen LogP contribution < -0.4 is 4.74 Å². The fourth-order valence-corrected chi connectivity index (χ4v) is 3.76. The zero-order chi connectivity index (χ0) is 20.2. The standard InChI is InChI=1S/C22H25N5O2/c1-15-19(16(2)26-25-15)11-22(28)27-10-6-7-17(14-27)20-12-23-13-21(24-20)29-18-8-4-3-5-9-18/h3-5,8-9,12-13,17H,6-7,10-11,14H2,1-2H3,(H,25,26)/t17-/m1/s1. The van der Waals surface area contributed by atoms with Crippen molar-refractivity contribution in [2.24, 2.45) is 0 Å². The lowest BCUT2D eigenvalue weighted by molar-refractivity contribution is -0.131. The highest BCUT2D eigenvalue weighted by Crippen LogP contribution is 2.28. The summed E-state index contributed by atoms with van der Waals surface area (Å²) in [6.07, 6.45) is 5.71. The Morgan fingerprint density at radius 1 is 1.24 bits per heavy atom. The van der Waals surface area contributed by atoms with Crippen LogP contribution in [0.2, 0.25) is 0 Å². The molecule has 7 nitrogen and oxygen atoms in total. The lowest BCUT2D eigenvalue weighted by Gasteiger charge is -2.32. The van der Waals surface area contributed by atoms with E-state index in [9.17, 15) is 4.79 Å². The molecule has 1 aliphatic rings. The first-order valence-corrected chi connectivity index (χ1v) is 9.93. The maximum atomic E-state index is 12.9. The van der Waals surface area contributed by atoms with Gasteiger partial charge in [0.1, 0.15) is 5.75 Å². The van der Waals surface area contributed by atoms with E-state index in [4.69, 9.17) is 4.74 Å². The van der Waals surface area contributed by atoms with E-state index in [1.165, 1.54) is 0 Å². The normalized spacial score (nSPS) is 16.6. The van der Waals surface area contributed by atoms with E-state index in [0.29, 0.717) is 18.8 Å². The number of rotatable bonds is 5. The van der Waals surface area contributed by atoms with Crippen LogP contribution in [0.25, 0.3) is 0 Å². The Labute approximate surface area is 170 Å². The molecule has 1 fully saturated rings. The van der Waals surface area contributed by atoms with Crippen LogP contribution in [0.1, 0.15) is 41.4 Å². The van der Waals surface area contributed by atoms with Gasteiger partial charge in [0.25, 0.3) is 0 Å². The van der Waals surface area contributed by atoms with Gasteiger partial charge in [-0.25, -0.2) is 4.98 Å². The van der Waals surface area contributed by atoms with E-state index in [1.54, 1.807) is 12.4 Å². The van der Waals surface area contributed by atoms with Crippen LogP contribution in [-0.2, 0) is 11.2 Å². The second-order valence-corrected chi connectivity index (χ2v) is 7.47. The maximum absolute atomic E-state index is 12.9. The Morgan fingerprint density at radius 3 is 2.83 bits per heavy atom. The van der Waals surface area contributed by atoms with Gasteiger partial charge in [-0.05, 0) is 38.8 Å². The SMILES string of the molecule is Cc1n[nH]c(C)c1CC(=O)N1CCC[C@@H](c2cncc(Oc3ccccc3)n2)C1. The van der Waals surface area contributed by atoms with Gasteiger partial charge in [-0.15, -0.1) is 0 Å². The van der Waals surface area contributed by atoms with Crippen molar-refractivity contribution in [1.29, 1.82) is 0 Å². The number of hydrogen-bond donors (Lipinski definition) is 1. The smallest absolute Gasteiger partial charge is 0.238 e. The Bertz CT molecular complexity index is 966. The van der Waals surface area contributed by atoms with Crippen LogP contribution in [0, 0.1) is 13.8 Å². The van der Waals surface area contributed by atoms with Gasteiger partial charge in [-0.1, -0.05) is 18.2 Å². The Balaban J connectivity index is 1.44. The van der Waals surface area contributed by atoms with Gasteiger partial charge >= 0.3 is 0 Å². The van der Waals surface area contributed by atoms with Gasteiger partial charge in [-0.2, -0.15) is 5.10 Å². The zero-order valence-electron chi connectivity index (χ0n) is 16.8. The van der Waals surface area contributed by atoms with E-state index in [-0.39, 0.29) is 11.8 Å². The number of hydrogen-bond acceptors (Lipinski definition) is 5. The summed E-state index contributed by atoms with van der Waals surface area (Å²) in [7, 11) is 0. The van der Waals surface area contributed by atoms with Crippen molar-refractivity contribution in [2.45, 2.75) is 39.0 Å². The largest absolute Gasteiger partial charge is 0.437 e. The van der Waals surface area contributed by atoms with Crippen molar-refractivity contribution in [3.8, 4) is 11.6 Å². The lowest BCUT2D eigenvalue weighted by Crippen LogP contribution is -2.40. The quantitative estimate of drug-likeness (QED) is 0.719. The van der Waals surface area contributed by atoms with Crippen molar-refractivity contribution >= 4 is 5.91 Å². The number of carbonyl (C=O) groups is 1. The molecule has 2 aromatic heterocycles. The number of ether oxygens (including phenoxy) is 1. The second kappa shape index (κ2) is 8.43. The van der Waals surface area contributed by atoms with E-state index in [0.717, 1.165) is 47.8 Å². The highest BCUT2D eigenvalue weighted by molar-refractivity contribution is 5.79. The van der Waals surface area contributed by atoms with Gasteiger partial charge in [0.15, 0.2) is 0 Å². The topological polar surface area (TPSA) is 84.0 Å². The third kappa shape index (κ3) is 4.45. The van der Waals surface area contributed by atoms with Crippen LogP contribution in [0.5, 0.6) is 11.6 Å². The molecular formula is C22H25N5O2. The molecule has 0 bridgehead atoms. The summed E-state index contributed by atoms with van der Waals surface area (Å²) >= 11 is 0. The van der Waals surface area contributed by atoms with Gasteiger partial charge in [0.2, 0.25) is 11.8 Å². The molecule has 0 aliphatic carbocycles. The Morgan fingerprint density at radius 2 is 2.07 bits per heavy atom. The second-order valence-electron chi connectivity index (χ2n) is 7.47. The summed E-state index contributed by atoms with van der Waals surface area (Å²) in [5, 5.41) is 7.15. The number of aromatic nitrogens is 4. The first kappa shape index (κ1) is 19.1. The molecular weight excluding hydrogens is 366 g/mol. The number of piperidine rings is 1. The minimum Gasteiger partial charge on any atom is -0.437 e. The number of nitrogens with one attached hydrogen (secondary N) is 1. The van der Waals surface area contributed by atoms with Crippen molar-refractivity contribution in [2.75, 3.05) is 13.1 Å². The molecule has 1 N–H and O–H groups in total. The highest BCUT2D eigenvalue weighted by Gasteiger charge is 2.27. The molecule has 1 atom stereocenters. The van der Waals surface area contributed by atoms with Gasteiger partial charge in [-0.3, -0.25) is 14.9 Å². The van der Waals surface area contributed by atoms with Crippen LogP contribution in [0.15, 0.2) is 42.7 Å². The van der Waals surface area contributed by atoms with Crippen molar-refractivity contribution < 1.29 is 9.53 Å². The molecule has 0 spiro atoms. The summed E-state index contributed by atoms with van der Waals surface area (Å²) in [5.74, 6) is 1.49. The molecule has 0 unspecified atom stereocenters. The summed E-state index contributed by atoms with van der Waals surface area (Å²) < 4.78 is 5.82. The number of benzene rings is 1. The highest BCUT2D eigenvalue weighted by atomic mass is 16.5. The monoisotopic (exact) mass is 391 g/mol. The molecule has 1 aromatic carbocycles. The summed E-state index contributed by atoms with van der Waals surface area (Å²) in [5.41, 5.74) is 3.71. The van der Waals surface area contributed by atoms with Crippen LogP contribution >= 0.6 is 0 Å². The molecule has 29 heavy (non-hydrogen) atoms. The first-order chi connectivity index (χ1) is 14.1. The number of aromatic amines is 1. The lowest BCUT2D eigenvalue weighted by atomic mass is 9.94. The molecule has 150 valence electrons. The third-order valence-electron chi connectivity index (χ3n) is 5.40. The van der Waals surface area contributed by atoms with Gasteiger partial charge < -0.3 is 9.64 Å². The zero-order valence-corrected chi connectivity index (χ0v) is 16.8. The first-order valence-electron chi connectivity index (χ1n) is 9.93. The van der Waals surface area contributed by atoms with Crippen molar-refractivity contribution in [3.63, 3.8) is 0 Å². The van der Waals surface area contributed by atoms with Crippen molar-refractivity contribution in [3.05, 3.63) is 65.4 Å². The number of amides is 1. The van der Waals surface area contributed by atoms with Gasteiger partial charge in [0, 0.05) is 36.5 Å². The van der Waals surface area contributed by atoms with Crippen LogP contribution in [-0.4, -0.2) is 44.1 Å². The third-order valence-corrected chi connectivity index (χ3v) is 5.40. The number of likely N-dealkylation sites (tertiary alicyclic amines) is 1. The number of carbonyl (C=O) groups excluding carboxylic acids is 1. The van der Waals surface area contributed by atoms with E-state index in [1.807, 2.05) is 49.1 Å². The minimum absolute atomic E-state index is 0.131. The molecule has 1 saturated heterocycles. The summed E-state index contributed by atoms with van der Waals surface area (Å²) in [4.78, 5) is 23.8. The van der Waals surface area contributed by atoms with E-state index < -0.39 is 0 Å². The predicted octanol–water partition coefficient (Wildman–Crippen LogP) is 3.56. The number of aryl methyl sites for hydroxylation is 2. The average molecular weight is 391 g/mol. The molecule has 0 saturated carbocycles. The minimum atomic E-state index is 0.131. The summed E-state index contributed by atoms with van der Waals surface area (Å²) in [6.45, 7) is 5.31. The molecule has 0 radical (unpaired) electrons. The molecule has 3 heterocycles. The average Bonchev–Trinajstić information content (AvgIpc) is 3.07. The molecule has 1 amide bonds. The van der Waals surface area contributed by atoms with E-state index in [2.05, 4.69) is 20.2 Å². The molecule has 7 heteroatoms. The van der Waals surface area contributed by atoms with Crippen molar-refractivity contribution in [1.82, 2.24) is 25.1 Å². The fraction of sp³-hybridized carbons (Fsp3) is 0.364. The number of H-pyrrole nitrogens is 1. The Kier molecular flexibility index (Phi) is 5.55. The maximum Gasteiger partial charge on any atom is 0.238 e. The Hall–Kier alpha value is -3.22. The predicted molar refractivity (Wildman–Crippen MR) is 109 cm³/mol. The van der Waals surface area contributed by atoms with E-state index >= 15 is 0 Å². The molecule has 1 aliphatic heterocycles.